The van der Waals surface area contributed by atoms with Gasteiger partial charge in [-0.2, -0.15) is 0 Å². The maximum atomic E-state index is 12.7. The highest BCUT2D eigenvalue weighted by atomic mass is 32.1. The van der Waals surface area contributed by atoms with Gasteiger partial charge in [0.05, 0.1) is 5.69 Å². The van der Waals surface area contributed by atoms with Crippen LogP contribution < -0.4 is 0 Å². The summed E-state index contributed by atoms with van der Waals surface area (Å²) in [6.45, 7) is 3.62. The summed E-state index contributed by atoms with van der Waals surface area (Å²) in [5.74, 6) is -1.38. The maximum absolute atomic E-state index is 12.7. The Labute approximate surface area is 132 Å². The highest BCUT2D eigenvalue weighted by Crippen LogP contribution is 2.18. The van der Waals surface area contributed by atoms with Crippen molar-refractivity contribution in [2.75, 3.05) is 0 Å². The van der Waals surface area contributed by atoms with Crippen molar-refractivity contribution in [1.29, 1.82) is 0 Å². The molecule has 0 spiro atoms. The highest BCUT2D eigenvalue weighted by Gasteiger charge is 2.29. The number of nitrogens with zero attached hydrogens (tertiary/aromatic N) is 3. The average Bonchev–Trinajstić information content (AvgIpc) is 3.00. The van der Waals surface area contributed by atoms with Gasteiger partial charge in [-0.3, -0.25) is 4.79 Å². The molecule has 0 radical (unpaired) electrons. The van der Waals surface area contributed by atoms with Crippen LogP contribution in [0.3, 0.4) is 0 Å². The molecule has 1 N–H and O–H groups in total. The van der Waals surface area contributed by atoms with Crippen LogP contribution in [0.25, 0.3) is 0 Å². The standard InChI is InChI=1S/C15H17N3O3S/c1-3-12-13(22-17-16-12)14(19)18(10(2)15(20)21)9-11-7-5-4-6-8-11/h4-8,10H,3,9H2,1-2H3,(H,20,21). The van der Waals surface area contributed by atoms with Crippen molar-refractivity contribution in [2.24, 2.45) is 0 Å². The summed E-state index contributed by atoms with van der Waals surface area (Å²) in [4.78, 5) is 25.8. The molecule has 1 aromatic carbocycles. The third kappa shape index (κ3) is 3.48. The Morgan fingerprint density at radius 2 is 2.00 bits per heavy atom. The van der Waals surface area contributed by atoms with Crippen LogP contribution in [0.5, 0.6) is 0 Å². The zero-order valence-corrected chi connectivity index (χ0v) is 13.2. The SMILES string of the molecule is CCc1nnsc1C(=O)N(Cc1ccccc1)C(C)C(=O)O. The number of hydrogen-bond donors (Lipinski definition) is 1. The zero-order chi connectivity index (χ0) is 16.1. The number of carboxylic acid groups (broad SMARTS) is 1. The third-order valence-electron chi connectivity index (χ3n) is 3.37. The molecule has 7 heteroatoms. The van der Waals surface area contributed by atoms with Gasteiger partial charge in [0.2, 0.25) is 0 Å². The minimum Gasteiger partial charge on any atom is -0.480 e. The lowest BCUT2D eigenvalue weighted by atomic mass is 10.1. The van der Waals surface area contributed by atoms with Gasteiger partial charge in [-0.25, -0.2) is 4.79 Å². The molecule has 1 heterocycles. The van der Waals surface area contributed by atoms with E-state index in [9.17, 15) is 14.7 Å². The smallest absolute Gasteiger partial charge is 0.326 e. The first-order valence-corrected chi connectivity index (χ1v) is 7.70. The summed E-state index contributed by atoms with van der Waals surface area (Å²) in [6.07, 6.45) is 0.582. The Kier molecular flexibility index (Phi) is 5.21. The van der Waals surface area contributed by atoms with Crippen LogP contribution in [0.4, 0.5) is 0 Å². The number of amides is 1. The first-order chi connectivity index (χ1) is 10.5. The molecule has 0 fully saturated rings. The molecular formula is C15H17N3O3S. The van der Waals surface area contributed by atoms with Gasteiger partial charge in [0.25, 0.3) is 5.91 Å². The number of benzene rings is 1. The fourth-order valence-electron chi connectivity index (χ4n) is 2.03. The van der Waals surface area contributed by atoms with Crippen LogP contribution in [0.15, 0.2) is 30.3 Å². The summed E-state index contributed by atoms with van der Waals surface area (Å²) >= 11 is 1.00. The minimum atomic E-state index is -1.04. The Morgan fingerprint density at radius 1 is 1.32 bits per heavy atom. The van der Waals surface area contributed by atoms with Gasteiger partial charge in [-0.05, 0) is 30.4 Å². The second-order valence-electron chi connectivity index (χ2n) is 4.84. The van der Waals surface area contributed by atoms with Crippen molar-refractivity contribution in [3.05, 3.63) is 46.5 Å². The fourth-order valence-corrected chi connectivity index (χ4v) is 2.74. The first kappa shape index (κ1) is 16.1. The fraction of sp³-hybridized carbons (Fsp3) is 0.333. The average molecular weight is 319 g/mol. The van der Waals surface area contributed by atoms with Crippen molar-refractivity contribution >= 4 is 23.4 Å². The Morgan fingerprint density at radius 3 is 2.59 bits per heavy atom. The Bertz CT molecular complexity index is 657. The molecule has 0 bridgehead atoms. The molecule has 0 saturated heterocycles. The van der Waals surface area contributed by atoms with Crippen LogP contribution in [0, 0.1) is 0 Å². The summed E-state index contributed by atoms with van der Waals surface area (Å²) in [7, 11) is 0. The monoisotopic (exact) mass is 319 g/mol. The molecule has 0 aliphatic heterocycles. The minimum absolute atomic E-state index is 0.230. The van der Waals surface area contributed by atoms with Crippen LogP contribution in [0.1, 0.15) is 34.8 Å². The molecule has 2 rings (SSSR count). The molecule has 1 unspecified atom stereocenters. The van der Waals surface area contributed by atoms with Crippen molar-refractivity contribution in [3.63, 3.8) is 0 Å². The lowest BCUT2D eigenvalue weighted by Gasteiger charge is -2.26. The van der Waals surface area contributed by atoms with Crippen molar-refractivity contribution in [1.82, 2.24) is 14.5 Å². The van der Waals surface area contributed by atoms with E-state index in [4.69, 9.17) is 0 Å². The number of carbonyl (C=O) groups excluding carboxylic acids is 1. The van der Waals surface area contributed by atoms with Crippen molar-refractivity contribution < 1.29 is 14.7 Å². The van der Waals surface area contributed by atoms with E-state index in [-0.39, 0.29) is 12.5 Å². The normalized spacial score (nSPS) is 11.9. The number of rotatable bonds is 6. The molecule has 1 amide bonds. The predicted molar refractivity (Wildman–Crippen MR) is 82.7 cm³/mol. The number of carboxylic acids is 1. The van der Waals surface area contributed by atoms with Crippen molar-refractivity contribution in [3.8, 4) is 0 Å². The molecule has 1 atom stereocenters. The van der Waals surface area contributed by atoms with E-state index >= 15 is 0 Å². The molecule has 116 valence electrons. The lowest BCUT2D eigenvalue weighted by molar-refractivity contribution is -0.141. The van der Waals surface area contributed by atoms with E-state index < -0.39 is 12.0 Å². The van der Waals surface area contributed by atoms with E-state index in [2.05, 4.69) is 9.59 Å². The highest BCUT2D eigenvalue weighted by molar-refractivity contribution is 7.08. The summed E-state index contributed by atoms with van der Waals surface area (Å²) in [5, 5.41) is 13.2. The van der Waals surface area contributed by atoms with Gasteiger partial charge in [0.1, 0.15) is 10.9 Å². The topological polar surface area (TPSA) is 83.4 Å². The van der Waals surface area contributed by atoms with Gasteiger partial charge in [0.15, 0.2) is 0 Å². The predicted octanol–water partition coefficient (Wildman–Crippen LogP) is 2.22. The van der Waals surface area contributed by atoms with Crippen LogP contribution in [-0.4, -0.2) is 37.5 Å². The van der Waals surface area contributed by atoms with Crippen molar-refractivity contribution in [2.45, 2.75) is 32.9 Å². The molecule has 22 heavy (non-hydrogen) atoms. The lowest BCUT2D eigenvalue weighted by Crippen LogP contribution is -2.42. The van der Waals surface area contributed by atoms with E-state index in [1.807, 2.05) is 37.3 Å². The Hall–Kier alpha value is -2.28. The van der Waals surface area contributed by atoms with Crippen LogP contribution in [-0.2, 0) is 17.8 Å². The summed E-state index contributed by atoms with van der Waals surface area (Å²) in [5.41, 5.74) is 1.48. The van der Waals surface area contributed by atoms with E-state index in [1.54, 1.807) is 0 Å². The summed E-state index contributed by atoms with van der Waals surface area (Å²) < 4.78 is 3.80. The second kappa shape index (κ2) is 7.13. The molecule has 1 aromatic heterocycles. The molecular weight excluding hydrogens is 302 g/mol. The van der Waals surface area contributed by atoms with E-state index in [0.29, 0.717) is 17.0 Å². The largest absolute Gasteiger partial charge is 0.480 e. The number of aryl methyl sites for hydroxylation is 1. The molecule has 2 aromatic rings. The van der Waals surface area contributed by atoms with Gasteiger partial charge in [-0.1, -0.05) is 41.7 Å². The quantitative estimate of drug-likeness (QED) is 0.882. The first-order valence-electron chi connectivity index (χ1n) is 6.93. The number of aromatic nitrogens is 2. The van der Waals surface area contributed by atoms with Gasteiger partial charge in [0, 0.05) is 6.54 Å². The van der Waals surface area contributed by atoms with Crippen LogP contribution >= 0.6 is 11.5 Å². The van der Waals surface area contributed by atoms with Gasteiger partial charge in [-0.15, -0.1) is 5.10 Å². The third-order valence-corrected chi connectivity index (χ3v) is 4.12. The zero-order valence-electron chi connectivity index (χ0n) is 12.4. The second-order valence-corrected chi connectivity index (χ2v) is 5.59. The molecule has 0 aliphatic carbocycles. The Balaban J connectivity index is 2.32. The maximum Gasteiger partial charge on any atom is 0.326 e. The number of aliphatic carboxylic acids is 1. The van der Waals surface area contributed by atoms with Gasteiger partial charge >= 0.3 is 5.97 Å². The van der Waals surface area contributed by atoms with E-state index in [1.165, 1.54) is 11.8 Å². The molecule has 0 saturated carbocycles. The summed E-state index contributed by atoms with van der Waals surface area (Å²) in [6, 6.07) is 8.38. The van der Waals surface area contributed by atoms with Crippen LogP contribution in [0.2, 0.25) is 0 Å². The van der Waals surface area contributed by atoms with Gasteiger partial charge < -0.3 is 10.0 Å². The van der Waals surface area contributed by atoms with E-state index in [0.717, 1.165) is 17.1 Å². The number of carbonyl (C=O) groups is 2. The molecule has 6 nitrogen and oxygen atoms in total. The molecule has 0 aliphatic rings. The number of hydrogen-bond acceptors (Lipinski definition) is 5.